The second-order valence-corrected chi connectivity index (χ2v) is 9.48. The molecular formula is C23H26O4Si. The second-order valence-electron chi connectivity index (χ2n) is 6.22. The molecule has 0 amide bonds. The third-order valence-corrected chi connectivity index (χ3v) is 9.06. The first-order valence-corrected chi connectivity index (χ1v) is 11.2. The molecular weight excluding hydrogens is 368 g/mol. The van der Waals surface area contributed by atoms with Gasteiger partial charge in [0.05, 0.1) is 21.3 Å². The van der Waals surface area contributed by atoms with Gasteiger partial charge < -0.3 is 18.6 Å². The average Bonchev–Trinajstić information content (AvgIpc) is 2.77. The van der Waals surface area contributed by atoms with Gasteiger partial charge in [-0.2, -0.15) is 0 Å². The molecule has 0 aliphatic carbocycles. The Balaban J connectivity index is 2.47. The quantitative estimate of drug-likeness (QED) is 0.435. The summed E-state index contributed by atoms with van der Waals surface area (Å²) in [4.78, 5) is 0. The van der Waals surface area contributed by atoms with Crippen molar-refractivity contribution in [1.82, 2.24) is 0 Å². The molecule has 0 aromatic heterocycles. The summed E-state index contributed by atoms with van der Waals surface area (Å²) in [7, 11) is 2.07. The number of hydrogen-bond donors (Lipinski definition) is 0. The number of benzene rings is 3. The summed E-state index contributed by atoms with van der Waals surface area (Å²) in [6, 6.07) is 24.1. The van der Waals surface area contributed by atoms with Crippen LogP contribution in [-0.4, -0.2) is 36.3 Å². The van der Waals surface area contributed by atoms with Gasteiger partial charge in [0.1, 0.15) is 17.2 Å². The summed E-state index contributed by atoms with van der Waals surface area (Å²) in [6.45, 7) is 2.56. The summed E-state index contributed by atoms with van der Waals surface area (Å²) in [5.41, 5.74) is 0. The van der Waals surface area contributed by atoms with Crippen LogP contribution in [0.5, 0.6) is 17.2 Å². The van der Waals surface area contributed by atoms with Crippen LogP contribution >= 0.6 is 0 Å². The van der Waals surface area contributed by atoms with E-state index in [0.717, 1.165) is 32.8 Å². The summed E-state index contributed by atoms with van der Waals surface area (Å²) < 4.78 is 24.0. The van der Waals surface area contributed by atoms with E-state index in [1.54, 1.807) is 21.3 Å². The zero-order chi connectivity index (χ0) is 20.0. The van der Waals surface area contributed by atoms with Crippen LogP contribution in [0.2, 0.25) is 0 Å². The molecule has 3 rings (SSSR count). The number of rotatable bonds is 8. The molecule has 0 saturated heterocycles. The molecule has 0 bridgehead atoms. The van der Waals surface area contributed by atoms with Crippen molar-refractivity contribution in [1.29, 1.82) is 0 Å². The second kappa shape index (κ2) is 8.95. The van der Waals surface area contributed by atoms with E-state index in [2.05, 4.69) is 18.2 Å². The van der Waals surface area contributed by atoms with Crippen LogP contribution in [0.4, 0.5) is 0 Å². The van der Waals surface area contributed by atoms with E-state index >= 15 is 0 Å². The number of para-hydroxylation sites is 3. The minimum absolute atomic E-state index is 0.542. The fourth-order valence-electron chi connectivity index (χ4n) is 3.69. The van der Waals surface area contributed by atoms with Gasteiger partial charge in [0, 0.05) is 22.2 Å². The fraction of sp³-hybridized carbons (Fsp3) is 0.217. The minimum atomic E-state index is -3.00. The monoisotopic (exact) mass is 394 g/mol. The van der Waals surface area contributed by atoms with Crippen molar-refractivity contribution in [3.05, 3.63) is 72.8 Å². The van der Waals surface area contributed by atoms with E-state index in [0.29, 0.717) is 6.61 Å². The van der Waals surface area contributed by atoms with E-state index in [1.807, 2.05) is 61.5 Å². The Morgan fingerprint density at radius 1 is 0.571 bits per heavy atom. The summed E-state index contributed by atoms with van der Waals surface area (Å²) in [6.07, 6.45) is 0. The van der Waals surface area contributed by atoms with Gasteiger partial charge in [-0.15, -0.1) is 0 Å². The van der Waals surface area contributed by atoms with Crippen molar-refractivity contribution < 1.29 is 18.6 Å². The van der Waals surface area contributed by atoms with Gasteiger partial charge in [0.2, 0.25) is 0 Å². The molecule has 0 radical (unpaired) electrons. The highest BCUT2D eigenvalue weighted by molar-refractivity contribution is 7.08. The Kier molecular flexibility index (Phi) is 6.39. The Labute approximate surface area is 167 Å². The minimum Gasteiger partial charge on any atom is -0.497 e. The molecule has 0 spiro atoms. The van der Waals surface area contributed by atoms with Crippen LogP contribution in [0.25, 0.3) is 0 Å². The van der Waals surface area contributed by atoms with Crippen LogP contribution in [0.3, 0.4) is 0 Å². The molecule has 3 aromatic carbocycles. The zero-order valence-electron chi connectivity index (χ0n) is 16.8. The Bertz CT molecular complexity index is 810. The van der Waals surface area contributed by atoms with Crippen LogP contribution in [-0.2, 0) is 4.43 Å². The zero-order valence-corrected chi connectivity index (χ0v) is 17.8. The van der Waals surface area contributed by atoms with Crippen molar-refractivity contribution in [2.75, 3.05) is 27.9 Å². The van der Waals surface area contributed by atoms with Gasteiger partial charge in [-0.1, -0.05) is 54.6 Å². The van der Waals surface area contributed by atoms with Crippen molar-refractivity contribution in [3.8, 4) is 17.2 Å². The van der Waals surface area contributed by atoms with Gasteiger partial charge in [0.15, 0.2) is 0 Å². The van der Waals surface area contributed by atoms with E-state index in [-0.39, 0.29) is 0 Å². The van der Waals surface area contributed by atoms with E-state index in [9.17, 15) is 0 Å². The lowest BCUT2D eigenvalue weighted by atomic mass is 10.3. The Hall–Kier alpha value is -2.76. The van der Waals surface area contributed by atoms with Crippen LogP contribution in [0.1, 0.15) is 6.92 Å². The first-order chi connectivity index (χ1) is 13.7. The molecule has 146 valence electrons. The SMILES string of the molecule is CCO[Si](c1ccccc1OC)(c1ccccc1OC)c1ccccc1OC. The molecule has 28 heavy (non-hydrogen) atoms. The van der Waals surface area contributed by atoms with Crippen molar-refractivity contribution >= 4 is 23.9 Å². The number of methoxy groups -OCH3 is 3. The molecule has 0 aliphatic heterocycles. The van der Waals surface area contributed by atoms with Gasteiger partial charge >= 0.3 is 0 Å². The molecule has 0 saturated carbocycles. The van der Waals surface area contributed by atoms with Gasteiger partial charge in [-0.05, 0) is 25.1 Å². The van der Waals surface area contributed by atoms with Crippen molar-refractivity contribution in [3.63, 3.8) is 0 Å². The molecule has 0 atom stereocenters. The Morgan fingerprint density at radius 2 is 0.893 bits per heavy atom. The average molecular weight is 395 g/mol. The molecule has 0 N–H and O–H groups in total. The molecule has 0 aliphatic rings. The molecule has 5 heteroatoms. The Morgan fingerprint density at radius 3 is 1.18 bits per heavy atom. The normalized spacial score (nSPS) is 11.1. The van der Waals surface area contributed by atoms with Gasteiger partial charge in [-0.3, -0.25) is 0 Å². The van der Waals surface area contributed by atoms with Crippen molar-refractivity contribution in [2.24, 2.45) is 0 Å². The standard InChI is InChI=1S/C23H26O4Si/c1-5-27-28(21-15-9-6-12-18(21)24-2,22-16-10-7-13-19(22)25-3)23-17-11-8-14-20(23)26-4/h6-17H,5H2,1-4H3. The molecule has 0 fully saturated rings. The lowest BCUT2D eigenvalue weighted by molar-refractivity contribution is 0.341. The predicted octanol–water partition coefficient (Wildman–Crippen LogP) is 2.72. The maximum absolute atomic E-state index is 6.71. The lowest BCUT2D eigenvalue weighted by Gasteiger charge is -2.35. The summed E-state index contributed by atoms with van der Waals surface area (Å²) >= 11 is 0. The van der Waals surface area contributed by atoms with E-state index in [4.69, 9.17) is 18.6 Å². The van der Waals surface area contributed by atoms with Gasteiger partial charge in [-0.25, -0.2) is 0 Å². The maximum atomic E-state index is 6.71. The summed E-state index contributed by atoms with van der Waals surface area (Å²) in [5, 5.41) is 3.06. The summed E-state index contributed by atoms with van der Waals surface area (Å²) in [5.74, 6) is 2.37. The molecule has 0 unspecified atom stereocenters. The van der Waals surface area contributed by atoms with E-state index in [1.165, 1.54) is 0 Å². The smallest absolute Gasteiger partial charge is 0.299 e. The molecule has 0 heterocycles. The van der Waals surface area contributed by atoms with Gasteiger partial charge in [0.25, 0.3) is 8.32 Å². The highest BCUT2D eigenvalue weighted by Crippen LogP contribution is 2.24. The van der Waals surface area contributed by atoms with E-state index < -0.39 is 8.32 Å². The number of ether oxygens (including phenoxy) is 3. The first-order valence-electron chi connectivity index (χ1n) is 9.27. The fourth-order valence-corrected chi connectivity index (χ4v) is 8.05. The highest BCUT2D eigenvalue weighted by atomic mass is 28.4. The first kappa shape index (κ1) is 20.0. The third kappa shape index (κ3) is 3.39. The van der Waals surface area contributed by atoms with Crippen molar-refractivity contribution in [2.45, 2.75) is 6.92 Å². The highest BCUT2D eigenvalue weighted by Gasteiger charge is 2.47. The van der Waals surface area contributed by atoms with Crippen LogP contribution < -0.4 is 29.8 Å². The molecule has 4 nitrogen and oxygen atoms in total. The topological polar surface area (TPSA) is 36.9 Å². The molecule has 3 aromatic rings. The third-order valence-electron chi connectivity index (χ3n) is 4.82. The largest absolute Gasteiger partial charge is 0.497 e. The van der Waals surface area contributed by atoms with Crippen LogP contribution in [0.15, 0.2) is 72.8 Å². The maximum Gasteiger partial charge on any atom is 0.299 e. The van der Waals surface area contributed by atoms with Crippen LogP contribution in [0, 0.1) is 0 Å². The number of hydrogen-bond acceptors (Lipinski definition) is 4. The predicted molar refractivity (Wildman–Crippen MR) is 115 cm³/mol. The lowest BCUT2D eigenvalue weighted by Crippen LogP contribution is -2.70.